The molecule has 1 saturated carbocycles. The molecule has 1 aliphatic rings. The molecule has 2 rings (SSSR count). The van der Waals surface area contributed by atoms with Gasteiger partial charge in [-0.25, -0.2) is 0 Å². The van der Waals surface area contributed by atoms with Crippen molar-refractivity contribution in [1.29, 1.82) is 0 Å². The summed E-state index contributed by atoms with van der Waals surface area (Å²) in [5.74, 6) is 0. The van der Waals surface area contributed by atoms with Crippen molar-refractivity contribution in [3.63, 3.8) is 0 Å². The van der Waals surface area contributed by atoms with Gasteiger partial charge in [-0.15, -0.1) is 0 Å². The summed E-state index contributed by atoms with van der Waals surface area (Å²) in [6.45, 7) is 0.613. The van der Waals surface area contributed by atoms with Gasteiger partial charge in [-0.1, -0.05) is 36.8 Å². The van der Waals surface area contributed by atoms with Crippen LogP contribution in [-0.4, -0.2) is 23.7 Å². The summed E-state index contributed by atoms with van der Waals surface area (Å²) in [4.78, 5) is 0. The van der Waals surface area contributed by atoms with E-state index in [1.54, 1.807) is 0 Å². The van der Waals surface area contributed by atoms with Crippen LogP contribution in [0.5, 0.6) is 0 Å². The van der Waals surface area contributed by atoms with E-state index in [9.17, 15) is 5.11 Å². The Morgan fingerprint density at radius 1 is 1.29 bits per heavy atom. The summed E-state index contributed by atoms with van der Waals surface area (Å²) >= 11 is 0. The molecule has 0 radical (unpaired) electrons. The maximum Gasteiger partial charge on any atom is 0.0914 e. The zero-order chi connectivity index (χ0) is 12.1. The van der Waals surface area contributed by atoms with Gasteiger partial charge >= 0.3 is 0 Å². The molecule has 94 valence electrons. The molecule has 3 unspecified atom stereocenters. The second-order valence-electron chi connectivity index (χ2n) is 4.96. The lowest BCUT2D eigenvalue weighted by Gasteiger charge is -2.28. The molecule has 0 aliphatic heterocycles. The highest BCUT2D eigenvalue weighted by Crippen LogP contribution is 2.18. The van der Waals surface area contributed by atoms with Crippen molar-refractivity contribution in [2.45, 2.75) is 43.9 Å². The topological polar surface area (TPSA) is 58.3 Å². The van der Waals surface area contributed by atoms with Crippen molar-refractivity contribution in [3.05, 3.63) is 35.9 Å². The molecule has 1 aromatic carbocycles. The SMILES string of the molecule is NC1CCCC(NCC(O)c2ccccc2)C1. The van der Waals surface area contributed by atoms with Crippen LogP contribution in [0.25, 0.3) is 0 Å². The average molecular weight is 234 g/mol. The summed E-state index contributed by atoms with van der Waals surface area (Å²) in [5, 5.41) is 13.4. The first-order valence-corrected chi connectivity index (χ1v) is 6.47. The molecule has 0 bridgehead atoms. The number of rotatable bonds is 4. The van der Waals surface area contributed by atoms with Crippen LogP contribution in [0.1, 0.15) is 37.4 Å². The van der Waals surface area contributed by atoms with Crippen molar-refractivity contribution in [2.75, 3.05) is 6.54 Å². The van der Waals surface area contributed by atoms with Crippen LogP contribution in [0.15, 0.2) is 30.3 Å². The number of hydrogen-bond donors (Lipinski definition) is 3. The Labute approximate surface area is 103 Å². The van der Waals surface area contributed by atoms with Crippen molar-refractivity contribution in [2.24, 2.45) is 5.73 Å². The van der Waals surface area contributed by atoms with Gasteiger partial charge in [-0.05, 0) is 24.8 Å². The van der Waals surface area contributed by atoms with E-state index in [1.165, 1.54) is 12.8 Å². The predicted molar refractivity (Wildman–Crippen MR) is 69.6 cm³/mol. The Bertz CT molecular complexity index is 328. The van der Waals surface area contributed by atoms with Crippen molar-refractivity contribution in [1.82, 2.24) is 5.32 Å². The molecule has 3 nitrogen and oxygen atoms in total. The number of nitrogens with two attached hydrogens (primary N) is 1. The van der Waals surface area contributed by atoms with Crippen LogP contribution in [0.2, 0.25) is 0 Å². The maximum absolute atomic E-state index is 10.0. The highest BCUT2D eigenvalue weighted by atomic mass is 16.3. The molecule has 17 heavy (non-hydrogen) atoms. The summed E-state index contributed by atoms with van der Waals surface area (Å²) in [7, 11) is 0. The zero-order valence-corrected chi connectivity index (χ0v) is 10.2. The zero-order valence-electron chi connectivity index (χ0n) is 10.2. The molecule has 0 spiro atoms. The lowest BCUT2D eigenvalue weighted by Crippen LogP contribution is -2.40. The van der Waals surface area contributed by atoms with Crippen LogP contribution in [-0.2, 0) is 0 Å². The van der Waals surface area contributed by atoms with Gasteiger partial charge in [0, 0.05) is 18.6 Å². The van der Waals surface area contributed by atoms with Crippen molar-refractivity contribution >= 4 is 0 Å². The van der Waals surface area contributed by atoms with Gasteiger partial charge < -0.3 is 16.2 Å². The highest BCUT2D eigenvalue weighted by molar-refractivity contribution is 5.17. The Morgan fingerprint density at radius 3 is 2.76 bits per heavy atom. The van der Waals surface area contributed by atoms with E-state index in [0.29, 0.717) is 18.6 Å². The lowest BCUT2D eigenvalue weighted by molar-refractivity contribution is 0.164. The Balaban J connectivity index is 1.78. The number of hydrogen-bond acceptors (Lipinski definition) is 3. The number of benzene rings is 1. The van der Waals surface area contributed by atoms with E-state index in [4.69, 9.17) is 5.73 Å². The van der Waals surface area contributed by atoms with Crippen LogP contribution in [0.3, 0.4) is 0 Å². The Kier molecular flexibility index (Phi) is 4.54. The van der Waals surface area contributed by atoms with Gasteiger partial charge in [-0.3, -0.25) is 0 Å². The fourth-order valence-electron chi connectivity index (χ4n) is 2.48. The molecular weight excluding hydrogens is 212 g/mol. The lowest BCUT2D eigenvalue weighted by atomic mass is 9.91. The quantitative estimate of drug-likeness (QED) is 0.741. The van der Waals surface area contributed by atoms with Crippen LogP contribution >= 0.6 is 0 Å². The molecule has 0 amide bonds. The molecule has 1 aromatic rings. The normalized spacial score (nSPS) is 26.7. The van der Waals surface area contributed by atoms with E-state index in [1.807, 2.05) is 30.3 Å². The van der Waals surface area contributed by atoms with Crippen LogP contribution in [0, 0.1) is 0 Å². The Morgan fingerprint density at radius 2 is 2.06 bits per heavy atom. The first-order valence-electron chi connectivity index (χ1n) is 6.47. The van der Waals surface area contributed by atoms with Gasteiger partial charge in [0.05, 0.1) is 6.10 Å². The minimum Gasteiger partial charge on any atom is -0.387 e. The fourth-order valence-corrected chi connectivity index (χ4v) is 2.48. The molecule has 0 heterocycles. The number of aliphatic hydroxyl groups is 1. The van der Waals surface area contributed by atoms with Gasteiger partial charge in [0.1, 0.15) is 0 Å². The molecule has 0 saturated heterocycles. The third-order valence-electron chi connectivity index (χ3n) is 3.50. The van der Waals surface area contributed by atoms with Crippen LogP contribution in [0.4, 0.5) is 0 Å². The summed E-state index contributed by atoms with van der Waals surface area (Å²) in [6, 6.07) is 10.6. The predicted octanol–water partition coefficient (Wildman–Crippen LogP) is 1.58. The molecule has 3 atom stereocenters. The second kappa shape index (κ2) is 6.15. The van der Waals surface area contributed by atoms with Crippen molar-refractivity contribution < 1.29 is 5.11 Å². The second-order valence-corrected chi connectivity index (χ2v) is 4.96. The monoisotopic (exact) mass is 234 g/mol. The molecular formula is C14H22N2O. The van der Waals surface area contributed by atoms with Gasteiger partial charge in [-0.2, -0.15) is 0 Å². The maximum atomic E-state index is 10.0. The van der Waals surface area contributed by atoms with E-state index in [-0.39, 0.29) is 0 Å². The minimum atomic E-state index is -0.422. The number of nitrogens with one attached hydrogen (secondary N) is 1. The molecule has 4 N–H and O–H groups in total. The van der Waals surface area contributed by atoms with Crippen LogP contribution < -0.4 is 11.1 Å². The smallest absolute Gasteiger partial charge is 0.0914 e. The standard InChI is InChI=1S/C14H22N2O/c15-12-7-4-8-13(9-12)16-10-14(17)11-5-2-1-3-6-11/h1-3,5-6,12-14,16-17H,4,7-10,15H2. The summed E-state index contributed by atoms with van der Waals surface area (Å²) < 4.78 is 0. The molecule has 1 aliphatic carbocycles. The van der Waals surface area contributed by atoms with E-state index >= 15 is 0 Å². The Hall–Kier alpha value is -0.900. The van der Waals surface area contributed by atoms with E-state index in [2.05, 4.69) is 5.32 Å². The fraction of sp³-hybridized carbons (Fsp3) is 0.571. The van der Waals surface area contributed by atoms with Gasteiger partial charge in [0.15, 0.2) is 0 Å². The summed E-state index contributed by atoms with van der Waals surface area (Å²) in [5.41, 5.74) is 6.91. The van der Waals surface area contributed by atoms with E-state index in [0.717, 1.165) is 18.4 Å². The average Bonchev–Trinajstić information content (AvgIpc) is 2.37. The summed E-state index contributed by atoms with van der Waals surface area (Å²) in [6.07, 6.45) is 4.12. The largest absolute Gasteiger partial charge is 0.387 e. The van der Waals surface area contributed by atoms with Gasteiger partial charge in [0.2, 0.25) is 0 Å². The third-order valence-corrected chi connectivity index (χ3v) is 3.50. The molecule has 1 fully saturated rings. The molecule has 3 heteroatoms. The van der Waals surface area contributed by atoms with E-state index < -0.39 is 6.10 Å². The minimum absolute atomic E-state index is 0.329. The highest BCUT2D eigenvalue weighted by Gasteiger charge is 2.19. The number of aliphatic hydroxyl groups excluding tert-OH is 1. The first kappa shape index (κ1) is 12.6. The van der Waals surface area contributed by atoms with Gasteiger partial charge in [0.25, 0.3) is 0 Å². The van der Waals surface area contributed by atoms with Crippen molar-refractivity contribution in [3.8, 4) is 0 Å². The first-order chi connectivity index (χ1) is 8.25. The molecule has 0 aromatic heterocycles. The third kappa shape index (κ3) is 3.80.